The molecule has 2 rings (SSSR count). The van der Waals surface area contributed by atoms with Crippen LogP contribution >= 0.6 is 0 Å². The molecule has 1 aromatic carbocycles. The first-order valence-corrected chi connectivity index (χ1v) is 6.03. The van der Waals surface area contributed by atoms with Gasteiger partial charge in [-0.25, -0.2) is 18.6 Å². The lowest BCUT2D eigenvalue weighted by Crippen LogP contribution is -2.11. The molecule has 1 aromatic heterocycles. The number of nitrogens with zero attached hydrogens (tertiary/aromatic N) is 1. The summed E-state index contributed by atoms with van der Waals surface area (Å²) in [6, 6.07) is 4.65. The second-order valence-corrected chi connectivity index (χ2v) is 4.25. The number of carbonyl (C=O) groups excluding carboxylic acids is 1. The Labute approximate surface area is 119 Å². The highest BCUT2D eigenvalue weighted by Gasteiger charge is 2.14. The Morgan fingerprint density at radius 2 is 2.14 bits per heavy atom. The molecule has 0 radical (unpaired) electrons. The number of esters is 1. The van der Waals surface area contributed by atoms with Gasteiger partial charge in [-0.1, -0.05) is 6.07 Å². The summed E-state index contributed by atoms with van der Waals surface area (Å²) >= 11 is 0. The summed E-state index contributed by atoms with van der Waals surface area (Å²) in [5.74, 6) is -1.74. The number of rotatable bonds is 4. The fourth-order valence-electron chi connectivity index (χ4n) is 1.73. The third-order valence-electron chi connectivity index (χ3n) is 2.78. The van der Waals surface area contributed by atoms with E-state index in [1.54, 1.807) is 0 Å². The van der Waals surface area contributed by atoms with E-state index in [9.17, 15) is 13.6 Å². The van der Waals surface area contributed by atoms with Gasteiger partial charge in [0.2, 0.25) is 0 Å². The van der Waals surface area contributed by atoms with Gasteiger partial charge in [0.25, 0.3) is 0 Å². The quantitative estimate of drug-likeness (QED) is 0.846. The molecule has 3 N–H and O–H groups in total. The van der Waals surface area contributed by atoms with Crippen molar-refractivity contribution in [2.75, 3.05) is 18.2 Å². The molecule has 1 heterocycles. The zero-order chi connectivity index (χ0) is 15.4. The van der Waals surface area contributed by atoms with Gasteiger partial charge in [-0.3, -0.25) is 0 Å². The second-order valence-electron chi connectivity index (χ2n) is 4.25. The van der Waals surface area contributed by atoms with Gasteiger partial charge in [-0.05, 0) is 12.1 Å². The van der Waals surface area contributed by atoms with Crippen LogP contribution in [0.5, 0.6) is 0 Å². The Morgan fingerprint density at radius 3 is 2.81 bits per heavy atom. The van der Waals surface area contributed by atoms with Crippen molar-refractivity contribution in [3.8, 4) is 0 Å². The van der Waals surface area contributed by atoms with E-state index in [2.05, 4.69) is 15.0 Å². The third kappa shape index (κ3) is 3.44. The number of carbonyl (C=O) groups is 1. The molecule has 21 heavy (non-hydrogen) atoms. The maximum atomic E-state index is 13.5. The average molecular weight is 293 g/mol. The SMILES string of the molecule is COC(=O)c1cc(N)cnc1NCc1ccc(F)cc1F. The van der Waals surface area contributed by atoms with Gasteiger partial charge >= 0.3 is 5.97 Å². The van der Waals surface area contributed by atoms with Gasteiger partial charge in [0.15, 0.2) is 0 Å². The molecule has 0 amide bonds. The molecule has 0 saturated carbocycles. The summed E-state index contributed by atoms with van der Waals surface area (Å²) in [6.07, 6.45) is 1.36. The lowest BCUT2D eigenvalue weighted by molar-refractivity contribution is 0.0601. The molecule has 7 heteroatoms. The Hall–Kier alpha value is -2.70. The number of hydrogen-bond acceptors (Lipinski definition) is 5. The minimum absolute atomic E-state index is 0.0347. The molecule has 5 nitrogen and oxygen atoms in total. The predicted octanol–water partition coefficient (Wildman–Crippen LogP) is 2.34. The lowest BCUT2D eigenvalue weighted by atomic mass is 10.2. The Balaban J connectivity index is 2.21. The van der Waals surface area contributed by atoms with Gasteiger partial charge in [0.1, 0.15) is 23.0 Å². The number of hydrogen-bond donors (Lipinski definition) is 2. The molecule has 0 unspecified atom stereocenters. The molecule has 0 fully saturated rings. The van der Waals surface area contributed by atoms with Crippen LogP contribution in [0.15, 0.2) is 30.5 Å². The maximum absolute atomic E-state index is 13.5. The highest BCUT2D eigenvalue weighted by molar-refractivity contribution is 5.95. The predicted molar refractivity (Wildman–Crippen MR) is 73.7 cm³/mol. The van der Waals surface area contributed by atoms with Crippen molar-refractivity contribution in [3.05, 3.63) is 53.2 Å². The van der Waals surface area contributed by atoms with Crippen LogP contribution in [0.2, 0.25) is 0 Å². The van der Waals surface area contributed by atoms with Crippen molar-refractivity contribution < 1.29 is 18.3 Å². The smallest absolute Gasteiger partial charge is 0.341 e. The fourth-order valence-corrected chi connectivity index (χ4v) is 1.73. The zero-order valence-corrected chi connectivity index (χ0v) is 11.2. The van der Waals surface area contributed by atoms with Gasteiger partial charge in [-0.2, -0.15) is 0 Å². The van der Waals surface area contributed by atoms with E-state index in [1.165, 1.54) is 25.4 Å². The van der Waals surface area contributed by atoms with Crippen molar-refractivity contribution in [1.82, 2.24) is 4.98 Å². The monoisotopic (exact) mass is 293 g/mol. The molecule has 0 aliphatic carbocycles. The number of benzene rings is 1. The summed E-state index contributed by atoms with van der Waals surface area (Å²) in [5.41, 5.74) is 6.25. The number of anilines is 2. The van der Waals surface area contributed by atoms with Crippen LogP contribution in [-0.2, 0) is 11.3 Å². The number of halogens is 2. The van der Waals surface area contributed by atoms with Crippen molar-refractivity contribution in [2.45, 2.75) is 6.54 Å². The number of pyridine rings is 1. The molecule has 0 aliphatic heterocycles. The van der Waals surface area contributed by atoms with Crippen LogP contribution in [0.1, 0.15) is 15.9 Å². The number of nitrogens with one attached hydrogen (secondary N) is 1. The largest absolute Gasteiger partial charge is 0.465 e. The van der Waals surface area contributed by atoms with E-state index < -0.39 is 17.6 Å². The van der Waals surface area contributed by atoms with E-state index >= 15 is 0 Å². The maximum Gasteiger partial charge on any atom is 0.341 e. The highest BCUT2D eigenvalue weighted by Crippen LogP contribution is 2.18. The zero-order valence-electron chi connectivity index (χ0n) is 11.2. The molecule has 0 aliphatic rings. The first-order valence-electron chi connectivity index (χ1n) is 6.03. The fraction of sp³-hybridized carbons (Fsp3) is 0.143. The number of ether oxygens (including phenoxy) is 1. The van der Waals surface area contributed by atoms with Gasteiger partial charge in [-0.15, -0.1) is 0 Å². The van der Waals surface area contributed by atoms with E-state index in [-0.39, 0.29) is 23.5 Å². The molecule has 0 bridgehead atoms. The van der Waals surface area contributed by atoms with Crippen molar-refractivity contribution >= 4 is 17.5 Å². The first-order chi connectivity index (χ1) is 10.0. The van der Waals surface area contributed by atoms with Crippen LogP contribution < -0.4 is 11.1 Å². The van der Waals surface area contributed by atoms with Crippen LogP contribution in [0, 0.1) is 11.6 Å². The van der Waals surface area contributed by atoms with E-state index in [4.69, 9.17) is 5.73 Å². The van der Waals surface area contributed by atoms with Crippen molar-refractivity contribution in [2.24, 2.45) is 0 Å². The van der Waals surface area contributed by atoms with Crippen LogP contribution in [0.3, 0.4) is 0 Å². The van der Waals surface area contributed by atoms with Crippen molar-refractivity contribution in [1.29, 1.82) is 0 Å². The van der Waals surface area contributed by atoms with Crippen LogP contribution in [-0.4, -0.2) is 18.1 Å². The lowest BCUT2D eigenvalue weighted by Gasteiger charge is -2.11. The molecule has 0 atom stereocenters. The minimum atomic E-state index is -0.683. The second kappa shape index (κ2) is 6.17. The summed E-state index contributed by atoms with van der Waals surface area (Å²) < 4.78 is 31.0. The average Bonchev–Trinajstić information content (AvgIpc) is 2.46. The van der Waals surface area contributed by atoms with Gasteiger partial charge < -0.3 is 15.8 Å². The minimum Gasteiger partial charge on any atom is -0.465 e. The van der Waals surface area contributed by atoms with Crippen molar-refractivity contribution in [3.63, 3.8) is 0 Å². The summed E-state index contributed by atoms with van der Waals surface area (Å²) in [7, 11) is 1.23. The first kappa shape index (κ1) is 14.7. The Kier molecular flexibility index (Phi) is 4.32. The standard InChI is InChI=1S/C14H13F2N3O2/c1-21-14(20)11-5-10(17)7-19-13(11)18-6-8-2-3-9(15)4-12(8)16/h2-5,7H,6,17H2,1H3,(H,18,19). The van der Waals surface area contributed by atoms with Crippen LogP contribution in [0.25, 0.3) is 0 Å². The number of methoxy groups -OCH3 is 1. The Bertz CT molecular complexity index is 677. The van der Waals surface area contributed by atoms with E-state index in [0.717, 1.165) is 12.1 Å². The summed E-state index contributed by atoms with van der Waals surface area (Å²) in [6.45, 7) is 0.0347. The molecule has 0 spiro atoms. The van der Waals surface area contributed by atoms with E-state index in [0.29, 0.717) is 5.69 Å². The van der Waals surface area contributed by atoms with Gasteiger partial charge in [0.05, 0.1) is 19.0 Å². The molecule has 2 aromatic rings. The summed E-state index contributed by atoms with van der Waals surface area (Å²) in [4.78, 5) is 15.6. The Morgan fingerprint density at radius 1 is 1.38 bits per heavy atom. The molecule has 0 saturated heterocycles. The molecular formula is C14H13F2N3O2. The number of nitrogen functional groups attached to an aromatic ring is 1. The normalized spacial score (nSPS) is 10.2. The molecular weight excluding hydrogens is 280 g/mol. The third-order valence-corrected chi connectivity index (χ3v) is 2.78. The van der Waals surface area contributed by atoms with Crippen LogP contribution in [0.4, 0.5) is 20.3 Å². The number of nitrogens with two attached hydrogens (primary N) is 1. The highest BCUT2D eigenvalue weighted by atomic mass is 19.1. The topological polar surface area (TPSA) is 77.2 Å². The summed E-state index contributed by atoms with van der Waals surface area (Å²) in [5, 5.41) is 2.80. The van der Waals surface area contributed by atoms with Gasteiger partial charge in [0, 0.05) is 18.2 Å². The van der Waals surface area contributed by atoms with E-state index in [1.807, 2.05) is 0 Å². The number of aromatic nitrogens is 1. The molecule has 110 valence electrons.